The lowest BCUT2D eigenvalue weighted by Gasteiger charge is -2.31. The van der Waals surface area contributed by atoms with Crippen LogP contribution in [0.25, 0.3) is 0 Å². The van der Waals surface area contributed by atoms with Crippen molar-refractivity contribution in [3.63, 3.8) is 0 Å². The van der Waals surface area contributed by atoms with E-state index >= 15 is 0 Å². The zero-order chi connectivity index (χ0) is 22.3. The van der Waals surface area contributed by atoms with Gasteiger partial charge in [-0.2, -0.15) is 13.2 Å². The monoisotopic (exact) mass is 433 g/mol. The molecule has 0 bridgehead atoms. The molecule has 8 heteroatoms. The molecule has 0 atom stereocenters. The number of piperidine rings is 1. The van der Waals surface area contributed by atoms with E-state index in [4.69, 9.17) is 0 Å². The number of nitrogens with zero attached hydrogens (tertiary/aromatic N) is 1. The van der Waals surface area contributed by atoms with Crippen LogP contribution in [0.2, 0.25) is 0 Å². The number of hydrogen-bond acceptors (Lipinski definition) is 3. The van der Waals surface area contributed by atoms with Crippen molar-refractivity contribution in [2.75, 3.05) is 29.9 Å². The molecule has 1 saturated heterocycles. The number of rotatable bonds is 7. The minimum atomic E-state index is -4.49. The molecule has 31 heavy (non-hydrogen) atoms. The van der Waals surface area contributed by atoms with Crippen LogP contribution in [0.15, 0.2) is 48.5 Å². The topological polar surface area (TPSA) is 61.4 Å². The van der Waals surface area contributed by atoms with Gasteiger partial charge in [0, 0.05) is 26.1 Å². The maximum atomic E-state index is 13.2. The fourth-order valence-electron chi connectivity index (χ4n) is 3.59. The van der Waals surface area contributed by atoms with Gasteiger partial charge < -0.3 is 15.5 Å². The van der Waals surface area contributed by atoms with Crippen LogP contribution in [0.4, 0.5) is 24.5 Å². The lowest BCUT2D eigenvalue weighted by Crippen LogP contribution is -2.31. The highest BCUT2D eigenvalue weighted by atomic mass is 19.4. The molecule has 166 valence electrons. The van der Waals surface area contributed by atoms with Gasteiger partial charge in [0.1, 0.15) is 0 Å². The molecular formula is C23H26F3N3O2. The molecule has 1 aliphatic rings. The van der Waals surface area contributed by atoms with Crippen LogP contribution < -0.4 is 15.5 Å². The van der Waals surface area contributed by atoms with Gasteiger partial charge in [0.05, 0.1) is 23.4 Å². The van der Waals surface area contributed by atoms with E-state index in [1.54, 1.807) is 0 Å². The number of halogens is 3. The Morgan fingerprint density at radius 1 is 0.935 bits per heavy atom. The van der Waals surface area contributed by atoms with E-state index in [2.05, 4.69) is 10.6 Å². The Bertz CT molecular complexity index is 895. The second-order valence-corrected chi connectivity index (χ2v) is 7.59. The Balaban J connectivity index is 1.60. The first-order valence-corrected chi connectivity index (χ1v) is 10.4. The van der Waals surface area contributed by atoms with Crippen LogP contribution in [0.1, 0.15) is 36.8 Å². The molecule has 0 radical (unpaired) electrons. The summed E-state index contributed by atoms with van der Waals surface area (Å²) in [6, 6.07) is 12.7. The predicted octanol–water partition coefficient (Wildman–Crippen LogP) is 4.38. The second kappa shape index (κ2) is 10.3. The van der Waals surface area contributed by atoms with Crippen LogP contribution in [-0.4, -0.2) is 31.4 Å². The molecular weight excluding hydrogens is 407 g/mol. The molecule has 2 amide bonds. The minimum absolute atomic E-state index is 0.0315. The molecule has 1 fully saturated rings. The van der Waals surface area contributed by atoms with Gasteiger partial charge in [-0.05, 0) is 43.0 Å². The first-order valence-electron chi connectivity index (χ1n) is 10.4. The molecule has 0 unspecified atom stereocenters. The van der Waals surface area contributed by atoms with Gasteiger partial charge in [0.15, 0.2) is 0 Å². The zero-order valence-electron chi connectivity index (χ0n) is 17.2. The largest absolute Gasteiger partial charge is 0.416 e. The summed E-state index contributed by atoms with van der Waals surface area (Å²) in [6.45, 7) is 1.59. The van der Waals surface area contributed by atoms with Crippen molar-refractivity contribution in [3.05, 3.63) is 59.7 Å². The van der Waals surface area contributed by atoms with Crippen molar-refractivity contribution in [2.45, 2.75) is 38.3 Å². The Labute approximate surface area is 179 Å². The fourth-order valence-corrected chi connectivity index (χ4v) is 3.59. The highest BCUT2D eigenvalue weighted by molar-refractivity contribution is 5.95. The molecule has 1 heterocycles. The normalized spacial score (nSPS) is 14.2. The van der Waals surface area contributed by atoms with Gasteiger partial charge >= 0.3 is 6.18 Å². The minimum Gasteiger partial charge on any atom is -0.370 e. The van der Waals surface area contributed by atoms with Crippen molar-refractivity contribution >= 4 is 23.2 Å². The van der Waals surface area contributed by atoms with E-state index < -0.39 is 17.6 Å². The van der Waals surface area contributed by atoms with E-state index in [1.165, 1.54) is 6.07 Å². The van der Waals surface area contributed by atoms with Gasteiger partial charge in [-0.25, -0.2) is 0 Å². The number of anilines is 2. The average Bonchev–Trinajstić information content (AvgIpc) is 2.74. The summed E-state index contributed by atoms with van der Waals surface area (Å²) in [4.78, 5) is 26.4. The van der Waals surface area contributed by atoms with Crippen LogP contribution in [0, 0.1) is 0 Å². The third-order valence-electron chi connectivity index (χ3n) is 5.18. The number of carbonyl (C=O) groups excluding carboxylic acids is 2. The Morgan fingerprint density at radius 2 is 1.65 bits per heavy atom. The third kappa shape index (κ3) is 6.73. The second-order valence-electron chi connectivity index (χ2n) is 7.59. The first kappa shape index (κ1) is 22.7. The summed E-state index contributed by atoms with van der Waals surface area (Å²) in [7, 11) is 0. The first-order chi connectivity index (χ1) is 14.8. The average molecular weight is 433 g/mol. The van der Waals surface area contributed by atoms with Crippen LogP contribution in [-0.2, 0) is 22.2 Å². The standard InChI is InChI=1S/C23H26F3N3O2/c24-23(25,26)18-9-10-20(29-13-5-2-6-14-29)19(16-18)28-21(30)11-12-27-22(31)15-17-7-3-1-4-8-17/h1,3-4,7-10,16H,2,5-6,11-15H2,(H,27,31)(H,28,30). The molecule has 0 aliphatic carbocycles. The molecule has 2 aromatic rings. The van der Waals surface area contributed by atoms with Crippen molar-refractivity contribution in [3.8, 4) is 0 Å². The summed E-state index contributed by atoms with van der Waals surface area (Å²) >= 11 is 0. The lowest BCUT2D eigenvalue weighted by molar-refractivity contribution is -0.137. The summed E-state index contributed by atoms with van der Waals surface area (Å²) < 4.78 is 39.5. The number of carbonyl (C=O) groups is 2. The Morgan fingerprint density at radius 3 is 2.32 bits per heavy atom. The van der Waals surface area contributed by atoms with E-state index in [-0.39, 0.29) is 31.0 Å². The maximum absolute atomic E-state index is 13.2. The van der Waals surface area contributed by atoms with Crippen molar-refractivity contribution < 1.29 is 22.8 Å². The molecule has 2 aromatic carbocycles. The molecule has 1 aliphatic heterocycles. The van der Waals surface area contributed by atoms with Crippen LogP contribution >= 0.6 is 0 Å². The van der Waals surface area contributed by atoms with Crippen molar-refractivity contribution in [2.24, 2.45) is 0 Å². The summed E-state index contributed by atoms with van der Waals surface area (Å²) in [5.74, 6) is -0.662. The number of alkyl halides is 3. The summed E-state index contributed by atoms with van der Waals surface area (Å²) in [6.07, 6.45) is -1.32. The van der Waals surface area contributed by atoms with Gasteiger partial charge in [-0.1, -0.05) is 30.3 Å². The molecule has 2 N–H and O–H groups in total. The van der Waals surface area contributed by atoms with Crippen molar-refractivity contribution in [1.29, 1.82) is 0 Å². The SMILES string of the molecule is O=C(Cc1ccccc1)NCCC(=O)Nc1cc(C(F)(F)F)ccc1N1CCCCC1. The quantitative estimate of drug-likeness (QED) is 0.681. The number of amides is 2. The Kier molecular flexibility index (Phi) is 7.55. The molecule has 3 rings (SSSR count). The fraction of sp³-hybridized carbons (Fsp3) is 0.391. The number of benzene rings is 2. The highest BCUT2D eigenvalue weighted by Crippen LogP contribution is 2.36. The Hall–Kier alpha value is -3.03. The zero-order valence-corrected chi connectivity index (χ0v) is 17.2. The van der Waals surface area contributed by atoms with Gasteiger partial charge in [-0.15, -0.1) is 0 Å². The molecule has 0 saturated carbocycles. The van der Waals surface area contributed by atoms with E-state index in [0.717, 1.165) is 50.0 Å². The molecule has 0 aromatic heterocycles. The maximum Gasteiger partial charge on any atom is 0.416 e. The van der Waals surface area contributed by atoms with E-state index in [9.17, 15) is 22.8 Å². The molecule has 5 nitrogen and oxygen atoms in total. The number of hydrogen-bond donors (Lipinski definition) is 2. The van der Waals surface area contributed by atoms with E-state index in [1.807, 2.05) is 35.2 Å². The van der Waals surface area contributed by atoms with E-state index in [0.29, 0.717) is 5.69 Å². The van der Waals surface area contributed by atoms with Gasteiger partial charge in [0.2, 0.25) is 11.8 Å². The summed E-state index contributed by atoms with van der Waals surface area (Å²) in [5, 5.41) is 5.28. The predicted molar refractivity (Wildman–Crippen MR) is 114 cm³/mol. The lowest BCUT2D eigenvalue weighted by atomic mass is 10.1. The van der Waals surface area contributed by atoms with Crippen LogP contribution in [0.5, 0.6) is 0 Å². The molecule has 0 spiro atoms. The van der Waals surface area contributed by atoms with Crippen LogP contribution in [0.3, 0.4) is 0 Å². The number of nitrogens with one attached hydrogen (secondary N) is 2. The van der Waals surface area contributed by atoms with Gasteiger partial charge in [0.25, 0.3) is 0 Å². The highest BCUT2D eigenvalue weighted by Gasteiger charge is 2.31. The summed E-state index contributed by atoms with van der Waals surface area (Å²) in [5.41, 5.74) is 0.797. The third-order valence-corrected chi connectivity index (χ3v) is 5.18. The van der Waals surface area contributed by atoms with Crippen molar-refractivity contribution in [1.82, 2.24) is 5.32 Å². The van der Waals surface area contributed by atoms with Gasteiger partial charge in [-0.3, -0.25) is 9.59 Å². The smallest absolute Gasteiger partial charge is 0.370 e.